The van der Waals surface area contributed by atoms with Gasteiger partial charge in [-0.2, -0.15) is 0 Å². The number of fused-ring (bicyclic) bond motifs is 9. The first-order chi connectivity index (χ1) is 22.6. The van der Waals surface area contributed by atoms with Crippen LogP contribution in [0.1, 0.15) is 28.3 Å². The van der Waals surface area contributed by atoms with Crippen LogP contribution in [-0.2, 0) is 14.4 Å². The molecule has 2 bridgehead atoms. The van der Waals surface area contributed by atoms with Crippen molar-refractivity contribution in [2.75, 3.05) is 16.8 Å². The van der Waals surface area contributed by atoms with Crippen molar-refractivity contribution in [1.82, 2.24) is 4.98 Å². The van der Waals surface area contributed by atoms with Gasteiger partial charge >= 0.3 is 4.87 Å². The number of carbonyl (C=O) groups excluding carboxylic acids is 3. The number of benzene rings is 3. The Morgan fingerprint density at radius 2 is 1.74 bits per heavy atom. The van der Waals surface area contributed by atoms with E-state index in [1.54, 1.807) is 30.0 Å². The third-order valence-electron chi connectivity index (χ3n) is 9.89. The highest BCUT2D eigenvalue weighted by Gasteiger charge is 2.69. The first kappa shape index (κ1) is 31.2. The summed E-state index contributed by atoms with van der Waals surface area (Å²) in [6.07, 6.45) is 0.767. The highest BCUT2D eigenvalue weighted by molar-refractivity contribution is 9.10. The highest BCUT2D eigenvalue weighted by Crippen LogP contribution is 2.69. The normalized spacial score (nSPS) is 27.1. The van der Waals surface area contributed by atoms with Gasteiger partial charge in [-0.1, -0.05) is 68.2 Å². The summed E-state index contributed by atoms with van der Waals surface area (Å²) in [5, 5.41) is 4.31. The summed E-state index contributed by atoms with van der Waals surface area (Å²) in [6, 6.07) is 18.0. The van der Waals surface area contributed by atoms with Gasteiger partial charge in [0.15, 0.2) is 6.61 Å². The molecule has 0 radical (unpaired) electrons. The van der Waals surface area contributed by atoms with Crippen LogP contribution in [0.15, 0.2) is 75.0 Å². The van der Waals surface area contributed by atoms with E-state index in [1.807, 2.05) is 49.4 Å². The van der Waals surface area contributed by atoms with Gasteiger partial charge in [-0.15, -0.1) is 11.8 Å². The van der Waals surface area contributed by atoms with Gasteiger partial charge in [0.2, 0.25) is 11.8 Å². The number of nitrogens with one attached hydrogen (secondary N) is 2. The molecule has 7 atom stereocenters. The molecule has 1 saturated heterocycles. The third-order valence-corrected chi connectivity index (χ3v) is 13.7. The summed E-state index contributed by atoms with van der Waals surface area (Å²) in [4.78, 5) is 58.9. The molecule has 13 heteroatoms. The molecule has 3 fully saturated rings. The number of rotatable bonds is 6. The predicted octanol–water partition coefficient (Wildman–Crippen LogP) is 7.51. The molecule has 0 spiro atoms. The van der Waals surface area contributed by atoms with Crippen molar-refractivity contribution in [3.05, 3.63) is 101 Å². The second-order valence-electron chi connectivity index (χ2n) is 12.5. The highest BCUT2D eigenvalue weighted by atomic mass is 79.9. The van der Waals surface area contributed by atoms with Crippen molar-refractivity contribution in [3.8, 4) is 5.75 Å². The Morgan fingerprint density at radius 1 is 1.00 bits per heavy atom. The fraction of sp³-hybridized carbons (Fsp3) is 0.294. The van der Waals surface area contributed by atoms with Crippen LogP contribution in [0.3, 0.4) is 0 Å². The molecule has 3 aromatic carbocycles. The summed E-state index contributed by atoms with van der Waals surface area (Å²) in [7, 11) is 0. The van der Waals surface area contributed by atoms with E-state index in [4.69, 9.17) is 27.9 Å². The van der Waals surface area contributed by atoms with Crippen molar-refractivity contribution in [3.63, 3.8) is 0 Å². The standard InChI is InChI=1S/C34H26BrCl2N3O5S2/c1-14-2-6-17(7-3-14)40-32(42)27-19-12-20(28(27)33(40)43)29-26(19)25(30-31(46-29)39-34(44)47-30)18-10-15(35)4-9-23(18)45-13-24(41)38-16-5-8-21(36)22(37)11-16/h2-11,19-20,25-29H,12-13H2,1H3,(H,38,41)(H,39,44)/t19?,20?,25-,26?,27?,28?,29?/m1/s1. The van der Waals surface area contributed by atoms with E-state index in [0.717, 1.165) is 31.9 Å². The molecule has 2 saturated carbocycles. The molecule has 47 heavy (non-hydrogen) atoms. The van der Waals surface area contributed by atoms with Crippen LogP contribution in [0.2, 0.25) is 10.0 Å². The number of thiazole rings is 1. The van der Waals surface area contributed by atoms with Crippen LogP contribution < -0.4 is 19.8 Å². The molecule has 2 aliphatic carbocycles. The number of aromatic amines is 1. The predicted molar refractivity (Wildman–Crippen MR) is 187 cm³/mol. The number of H-pyrrole nitrogens is 1. The molecular formula is C34H26BrCl2N3O5S2. The van der Waals surface area contributed by atoms with E-state index in [-0.39, 0.29) is 58.1 Å². The van der Waals surface area contributed by atoms with Gasteiger partial charge in [0.25, 0.3) is 5.91 Å². The Hall–Kier alpha value is -3.09. The zero-order chi connectivity index (χ0) is 32.7. The van der Waals surface area contributed by atoms with Crippen molar-refractivity contribution in [2.45, 2.75) is 29.5 Å². The topological polar surface area (TPSA) is 109 Å². The van der Waals surface area contributed by atoms with E-state index in [0.29, 0.717) is 27.2 Å². The molecule has 3 amide bonds. The van der Waals surface area contributed by atoms with E-state index >= 15 is 0 Å². The average Bonchev–Trinajstić information content (AvgIpc) is 3.78. The van der Waals surface area contributed by atoms with Crippen LogP contribution in [0.4, 0.5) is 11.4 Å². The van der Waals surface area contributed by atoms with Crippen LogP contribution in [0.5, 0.6) is 5.75 Å². The Balaban J connectivity index is 1.13. The van der Waals surface area contributed by atoms with E-state index in [2.05, 4.69) is 26.2 Å². The Morgan fingerprint density at radius 3 is 2.49 bits per heavy atom. The quantitative estimate of drug-likeness (QED) is 0.197. The second-order valence-corrected chi connectivity index (χ2v) is 16.4. The monoisotopic (exact) mass is 769 g/mol. The van der Waals surface area contributed by atoms with E-state index in [9.17, 15) is 19.2 Å². The number of thioether (sulfide) groups is 1. The van der Waals surface area contributed by atoms with Gasteiger partial charge in [0.1, 0.15) is 5.75 Å². The molecule has 8 rings (SSSR count). The summed E-state index contributed by atoms with van der Waals surface area (Å²) in [6.45, 7) is 1.70. The molecule has 4 aliphatic rings. The van der Waals surface area contributed by atoms with Gasteiger partial charge in [-0.25, -0.2) is 0 Å². The third kappa shape index (κ3) is 5.17. The maximum atomic E-state index is 14.1. The summed E-state index contributed by atoms with van der Waals surface area (Å²) in [5.74, 6) is -1.34. The lowest BCUT2D eigenvalue weighted by Gasteiger charge is -2.43. The molecule has 2 N–H and O–H groups in total. The van der Waals surface area contributed by atoms with Gasteiger partial charge in [-0.3, -0.25) is 24.1 Å². The largest absolute Gasteiger partial charge is 0.483 e. The minimum Gasteiger partial charge on any atom is -0.483 e. The molecule has 2 aliphatic heterocycles. The number of aryl methyl sites for hydroxylation is 1. The van der Waals surface area contributed by atoms with Crippen LogP contribution in [0.25, 0.3) is 0 Å². The van der Waals surface area contributed by atoms with Crippen LogP contribution >= 0.6 is 62.2 Å². The van der Waals surface area contributed by atoms with Gasteiger partial charge in [0.05, 0.1) is 32.6 Å². The van der Waals surface area contributed by atoms with Crippen molar-refractivity contribution in [2.24, 2.45) is 29.6 Å². The summed E-state index contributed by atoms with van der Waals surface area (Å²) < 4.78 is 7.00. The van der Waals surface area contributed by atoms with Gasteiger partial charge in [0, 0.05) is 31.8 Å². The van der Waals surface area contributed by atoms with Crippen LogP contribution in [0, 0.1) is 36.5 Å². The number of hydrogen-bond donors (Lipinski definition) is 2. The van der Waals surface area contributed by atoms with Crippen molar-refractivity contribution < 1.29 is 19.1 Å². The molecule has 8 nitrogen and oxygen atoms in total. The van der Waals surface area contributed by atoms with E-state index in [1.165, 1.54) is 16.2 Å². The zero-order valence-electron chi connectivity index (χ0n) is 24.7. The smallest absolute Gasteiger partial charge is 0.305 e. The number of halogens is 3. The molecule has 3 heterocycles. The lowest BCUT2D eigenvalue weighted by atomic mass is 9.68. The Labute approximate surface area is 296 Å². The first-order valence-electron chi connectivity index (χ1n) is 15.1. The molecule has 4 aromatic rings. The molecule has 6 unspecified atom stereocenters. The Kier molecular flexibility index (Phi) is 7.83. The summed E-state index contributed by atoms with van der Waals surface area (Å²) in [5.41, 5.74) is 2.98. The lowest BCUT2D eigenvalue weighted by Crippen LogP contribution is -2.42. The molecule has 1 aromatic heterocycles. The summed E-state index contributed by atoms with van der Waals surface area (Å²) >= 11 is 18.6. The number of amides is 3. The number of imide groups is 1. The number of aromatic nitrogens is 1. The lowest BCUT2D eigenvalue weighted by molar-refractivity contribution is -0.123. The van der Waals surface area contributed by atoms with Gasteiger partial charge in [-0.05, 0) is 79.6 Å². The molecule has 240 valence electrons. The number of anilines is 2. The van der Waals surface area contributed by atoms with Crippen molar-refractivity contribution in [1.29, 1.82) is 0 Å². The van der Waals surface area contributed by atoms with Crippen molar-refractivity contribution >= 4 is 91.3 Å². The first-order valence-corrected chi connectivity index (χ1v) is 18.3. The van der Waals surface area contributed by atoms with E-state index < -0.39 is 11.8 Å². The fourth-order valence-corrected chi connectivity index (χ4v) is 11.7. The fourth-order valence-electron chi connectivity index (χ4n) is 8.12. The second kappa shape index (κ2) is 11.8. The average molecular weight is 772 g/mol. The van der Waals surface area contributed by atoms with Crippen LogP contribution in [-0.4, -0.2) is 34.6 Å². The zero-order valence-corrected chi connectivity index (χ0v) is 29.4. The number of hydrogen-bond acceptors (Lipinski definition) is 7. The number of nitrogens with zero attached hydrogens (tertiary/aromatic N) is 1. The maximum Gasteiger partial charge on any atom is 0.305 e. The number of ether oxygens (including phenoxy) is 1. The minimum atomic E-state index is -0.427. The molecular weight excluding hydrogens is 745 g/mol. The maximum absolute atomic E-state index is 14.1. The van der Waals surface area contributed by atoms with Gasteiger partial charge < -0.3 is 15.0 Å². The SMILES string of the molecule is Cc1ccc(N2C(=O)C3C4CC(C3C2=O)C2C4Sc3[nH]c(=O)sc3[C@@H]2c2cc(Br)ccc2OCC(=O)Nc2ccc(Cl)c(Cl)c2)cc1. The Bertz CT molecular complexity index is 2030. The minimum absolute atomic E-state index is 0.0144. The number of carbonyl (C=O) groups is 3.